The molecule has 2 aromatic rings. The summed E-state index contributed by atoms with van der Waals surface area (Å²) in [5.41, 5.74) is 2.05. The van der Waals surface area contributed by atoms with Crippen LogP contribution in [0.2, 0.25) is 0 Å². The van der Waals surface area contributed by atoms with Crippen LogP contribution < -0.4 is 14.2 Å². The number of benzene rings is 2. The number of hydrogen-bond acceptors (Lipinski definition) is 5. The monoisotopic (exact) mass is 430 g/mol. The highest BCUT2D eigenvalue weighted by Gasteiger charge is 2.20. The van der Waals surface area contributed by atoms with Crippen LogP contribution in [0.3, 0.4) is 0 Å². The van der Waals surface area contributed by atoms with Gasteiger partial charge in [0.1, 0.15) is 5.82 Å². The molecule has 1 fully saturated rings. The van der Waals surface area contributed by atoms with Crippen molar-refractivity contribution in [3.05, 3.63) is 53.3 Å². The highest BCUT2D eigenvalue weighted by molar-refractivity contribution is 5.76. The fourth-order valence-corrected chi connectivity index (χ4v) is 3.92. The predicted molar refractivity (Wildman–Crippen MR) is 117 cm³/mol. The molecule has 0 atom stereocenters. The zero-order valence-electron chi connectivity index (χ0n) is 18.5. The van der Waals surface area contributed by atoms with Crippen LogP contribution in [0.25, 0.3) is 0 Å². The molecular formula is C24H31FN2O4. The van der Waals surface area contributed by atoms with Crippen molar-refractivity contribution in [1.82, 2.24) is 9.80 Å². The van der Waals surface area contributed by atoms with Crippen LogP contribution >= 0.6 is 0 Å². The maximum atomic E-state index is 13.1. The summed E-state index contributed by atoms with van der Waals surface area (Å²) in [6, 6.07) is 10.4. The van der Waals surface area contributed by atoms with E-state index >= 15 is 0 Å². The minimum absolute atomic E-state index is 0.150. The standard InChI is InChI=1S/C24H31FN2O4/c1-29-21-15-19(16-22(30-2)24(21)31-3)7-10-23(28)27-12-4-11-26(13-14-27)17-18-5-8-20(25)9-6-18/h5-6,8-9,15-16H,4,7,10-14,17H2,1-3H3. The molecule has 0 radical (unpaired) electrons. The molecule has 1 heterocycles. The van der Waals surface area contributed by atoms with Crippen LogP contribution in [0, 0.1) is 5.82 Å². The van der Waals surface area contributed by atoms with Gasteiger partial charge in [-0.2, -0.15) is 0 Å². The number of amides is 1. The minimum Gasteiger partial charge on any atom is -0.493 e. The topological polar surface area (TPSA) is 51.2 Å². The summed E-state index contributed by atoms with van der Waals surface area (Å²) in [4.78, 5) is 17.1. The van der Waals surface area contributed by atoms with Crippen molar-refractivity contribution in [2.45, 2.75) is 25.8 Å². The van der Waals surface area contributed by atoms with Gasteiger partial charge in [-0.3, -0.25) is 9.69 Å². The largest absolute Gasteiger partial charge is 0.493 e. The molecule has 2 aromatic carbocycles. The first-order chi connectivity index (χ1) is 15.0. The Labute approximate surface area is 183 Å². The van der Waals surface area contributed by atoms with Gasteiger partial charge in [0.2, 0.25) is 11.7 Å². The minimum atomic E-state index is -0.219. The lowest BCUT2D eigenvalue weighted by molar-refractivity contribution is -0.131. The number of carbonyl (C=O) groups is 1. The third-order valence-electron chi connectivity index (χ3n) is 5.61. The Hall–Kier alpha value is -2.80. The summed E-state index contributed by atoms with van der Waals surface area (Å²) in [6.45, 7) is 3.97. The van der Waals surface area contributed by atoms with Crippen molar-refractivity contribution >= 4 is 5.91 Å². The summed E-state index contributed by atoms with van der Waals surface area (Å²) in [5, 5.41) is 0. The van der Waals surface area contributed by atoms with Crippen LogP contribution in [-0.2, 0) is 17.8 Å². The van der Waals surface area contributed by atoms with Crippen LogP contribution in [0.15, 0.2) is 36.4 Å². The normalized spacial score (nSPS) is 14.8. The Morgan fingerprint density at radius 3 is 2.19 bits per heavy atom. The van der Waals surface area contributed by atoms with Gasteiger partial charge in [-0.15, -0.1) is 0 Å². The van der Waals surface area contributed by atoms with Gasteiger partial charge in [0.05, 0.1) is 21.3 Å². The van der Waals surface area contributed by atoms with Crippen molar-refractivity contribution in [3.8, 4) is 17.2 Å². The van der Waals surface area contributed by atoms with Crippen molar-refractivity contribution in [2.75, 3.05) is 47.5 Å². The van der Waals surface area contributed by atoms with Crippen molar-refractivity contribution < 1.29 is 23.4 Å². The lowest BCUT2D eigenvalue weighted by Gasteiger charge is -2.22. The number of methoxy groups -OCH3 is 3. The first kappa shape index (κ1) is 22.9. The second kappa shape index (κ2) is 11.0. The quantitative estimate of drug-likeness (QED) is 0.642. The van der Waals surface area contributed by atoms with Gasteiger partial charge in [0.25, 0.3) is 0 Å². The van der Waals surface area contributed by atoms with Gasteiger partial charge < -0.3 is 19.1 Å². The summed E-state index contributed by atoms with van der Waals surface area (Å²) < 4.78 is 29.3. The molecule has 0 aromatic heterocycles. The number of nitrogens with zero attached hydrogens (tertiary/aromatic N) is 2. The highest BCUT2D eigenvalue weighted by Crippen LogP contribution is 2.38. The summed E-state index contributed by atoms with van der Waals surface area (Å²) in [5.74, 6) is 1.67. The van der Waals surface area contributed by atoms with Crippen molar-refractivity contribution in [1.29, 1.82) is 0 Å². The first-order valence-electron chi connectivity index (χ1n) is 10.6. The van der Waals surface area contributed by atoms with E-state index in [1.54, 1.807) is 21.3 Å². The average Bonchev–Trinajstić information content (AvgIpc) is 3.03. The third kappa shape index (κ3) is 6.10. The Bertz CT molecular complexity index is 847. The molecule has 0 N–H and O–H groups in total. The molecule has 31 heavy (non-hydrogen) atoms. The molecule has 6 nitrogen and oxygen atoms in total. The Balaban J connectivity index is 1.54. The highest BCUT2D eigenvalue weighted by atomic mass is 19.1. The van der Waals surface area contributed by atoms with Crippen LogP contribution in [-0.4, -0.2) is 63.2 Å². The first-order valence-corrected chi connectivity index (χ1v) is 10.6. The van der Waals surface area contributed by atoms with Gasteiger partial charge >= 0.3 is 0 Å². The molecule has 3 rings (SSSR count). The number of rotatable bonds is 8. The van der Waals surface area contributed by atoms with Crippen LogP contribution in [0.1, 0.15) is 24.0 Å². The maximum Gasteiger partial charge on any atom is 0.222 e. The molecule has 0 unspecified atom stereocenters. The number of carbonyl (C=O) groups excluding carboxylic acids is 1. The second-order valence-corrected chi connectivity index (χ2v) is 7.67. The van der Waals surface area contributed by atoms with Crippen LogP contribution in [0.4, 0.5) is 4.39 Å². The Morgan fingerprint density at radius 2 is 1.58 bits per heavy atom. The molecule has 0 aliphatic carbocycles. The smallest absolute Gasteiger partial charge is 0.222 e. The second-order valence-electron chi connectivity index (χ2n) is 7.67. The molecule has 0 bridgehead atoms. The van der Waals surface area contributed by atoms with Gasteiger partial charge in [-0.1, -0.05) is 12.1 Å². The van der Waals surface area contributed by atoms with E-state index in [1.807, 2.05) is 29.2 Å². The molecule has 1 saturated heterocycles. The maximum absolute atomic E-state index is 13.1. The van der Waals surface area contributed by atoms with Gasteiger partial charge in [-0.25, -0.2) is 4.39 Å². The third-order valence-corrected chi connectivity index (χ3v) is 5.61. The summed E-state index contributed by atoms with van der Waals surface area (Å²) >= 11 is 0. The average molecular weight is 431 g/mol. The number of ether oxygens (including phenoxy) is 3. The van der Waals surface area contributed by atoms with E-state index in [9.17, 15) is 9.18 Å². The van der Waals surface area contributed by atoms with Gasteiger partial charge in [-0.05, 0) is 48.2 Å². The van der Waals surface area contributed by atoms with Crippen molar-refractivity contribution in [3.63, 3.8) is 0 Å². The van der Waals surface area contributed by atoms with E-state index in [0.29, 0.717) is 36.6 Å². The molecule has 7 heteroatoms. The molecule has 1 amide bonds. The van der Waals surface area contributed by atoms with E-state index in [4.69, 9.17) is 14.2 Å². The number of halogens is 1. The number of hydrogen-bond donors (Lipinski definition) is 0. The van der Waals surface area contributed by atoms with Gasteiger partial charge in [0.15, 0.2) is 11.5 Å². The summed E-state index contributed by atoms with van der Waals surface area (Å²) in [6.07, 6.45) is 1.96. The van der Waals surface area contributed by atoms with Gasteiger partial charge in [0, 0.05) is 39.1 Å². The molecule has 1 aliphatic rings. The fourth-order valence-electron chi connectivity index (χ4n) is 3.92. The molecule has 1 aliphatic heterocycles. The zero-order chi connectivity index (χ0) is 22.2. The molecule has 0 spiro atoms. The predicted octanol–water partition coefficient (Wildman–Crippen LogP) is 3.52. The molecule has 168 valence electrons. The van der Waals surface area contributed by atoms with E-state index < -0.39 is 0 Å². The fraction of sp³-hybridized carbons (Fsp3) is 0.458. The van der Waals surface area contributed by atoms with Crippen molar-refractivity contribution in [2.24, 2.45) is 0 Å². The molecule has 0 saturated carbocycles. The zero-order valence-corrected chi connectivity index (χ0v) is 18.5. The van der Waals surface area contributed by atoms with E-state index in [-0.39, 0.29) is 11.7 Å². The SMILES string of the molecule is COc1cc(CCC(=O)N2CCCN(Cc3ccc(F)cc3)CC2)cc(OC)c1OC. The van der Waals surface area contributed by atoms with E-state index in [2.05, 4.69) is 4.90 Å². The van der Waals surface area contributed by atoms with E-state index in [0.717, 1.165) is 43.7 Å². The van der Waals surface area contributed by atoms with E-state index in [1.165, 1.54) is 12.1 Å². The number of aryl methyl sites for hydroxylation is 1. The lowest BCUT2D eigenvalue weighted by Crippen LogP contribution is -2.35. The lowest BCUT2D eigenvalue weighted by atomic mass is 10.1. The Kier molecular flexibility index (Phi) is 8.12. The van der Waals surface area contributed by atoms with Crippen LogP contribution in [0.5, 0.6) is 17.2 Å². The summed E-state index contributed by atoms with van der Waals surface area (Å²) in [7, 11) is 4.74. The molecular weight excluding hydrogens is 399 g/mol. The Morgan fingerprint density at radius 1 is 0.903 bits per heavy atom.